The number of methoxy groups -OCH3 is 1. The first kappa shape index (κ1) is 14.7. The molecule has 0 aromatic heterocycles. The van der Waals surface area contributed by atoms with Crippen LogP contribution in [0.4, 0.5) is 5.69 Å². The lowest BCUT2D eigenvalue weighted by atomic mass is 9.85. The molecule has 2 rings (SSSR count). The van der Waals surface area contributed by atoms with Crippen LogP contribution in [0, 0.1) is 17.0 Å². The van der Waals surface area contributed by atoms with Crippen LogP contribution in [-0.2, 0) is 4.74 Å². The lowest BCUT2D eigenvalue weighted by Crippen LogP contribution is -2.60. The molecule has 1 aromatic carbocycles. The van der Waals surface area contributed by atoms with Gasteiger partial charge >= 0.3 is 0 Å². The van der Waals surface area contributed by atoms with Crippen LogP contribution in [0.25, 0.3) is 0 Å². The number of nitrogens with one attached hydrogen (secondary N) is 1. The maximum atomic E-state index is 10.7. The van der Waals surface area contributed by atoms with Gasteiger partial charge in [0.1, 0.15) is 18.0 Å². The van der Waals surface area contributed by atoms with E-state index in [0.717, 1.165) is 18.5 Å². The van der Waals surface area contributed by atoms with Crippen molar-refractivity contribution in [2.24, 2.45) is 0 Å². The second-order valence-electron chi connectivity index (χ2n) is 4.96. The molecule has 110 valence electrons. The van der Waals surface area contributed by atoms with E-state index in [2.05, 4.69) is 12.2 Å². The Morgan fingerprint density at radius 2 is 2.25 bits per heavy atom. The van der Waals surface area contributed by atoms with Crippen molar-refractivity contribution in [1.29, 1.82) is 0 Å². The Morgan fingerprint density at radius 3 is 2.80 bits per heavy atom. The van der Waals surface area contributed by atoms with Gasteiger partial charge in [0.15, 0.2) is 0 Å². The fraction of sp³-hybridized carbons (Fsp3) is 0.571. The zero-order valence-corrected chi connectivity index (χ0v) is 12.0. The van der Waals surface area contributed by atoms with Gasteiger partial charge in [0, 0.05) is 31.7 Å². The fourth-order valence-electron chi connectivity index (χ4n) is 2.52. The van der Waals surface area contributed by atoms with Crippen molar-refractivity contribution in [3.8, 4) is 5.75 Å². The monoisotopic (exact) mass is 280 g/mol. The predicted molar refractivity (Wildman–Crippen MR) is 75.1 cm³/mol. The minimum absolute atomic E-state index is 0.00999. The fourth-order valence-corrected chi connectivity index (χ4v) is 2.52. The quantitative estimate of drug-likeness (QED) is 0.637. The number of rotatable bonds is 6. The number of nitrogens with zero attached hydrogens (tertiary/aromatic N) is 1. The predicted octanol–water partition coefficient (Wildman–Crippen LogP) is 2.05. The highest BCUT2D eigenvalue weighted by Crippen LogP contribution is 2.31. The molecule has 0 aliphatic heterocycles. The Kier molecular flexibility index (Phi) is 4.57. The molecule has 0 heterocycles. The molecule has 1 saturated carbocycles. The number of hydrogen-bond acceptors (Lipinski definition) is 5. The minimum Gasteiger partial charge on any atom is -0.487 e. The number of likely N-dealkylation sites (N-methyl/N-ethyl adjacent to an activating group) is 1. The van der Waals surface area contributed by atoms with E-state index in [1.54, 1.807) is 13.2 Å². The highest BCUT2D eigenvalue weighted by atomic mass is 16.6. The van der Waals surface area contributed by atoms with Crippen molar-refractivity contribution < 1.29 is 14.4 Å². The summed E-state index contributed by atoms with van der Waals surface area (Å²) in [5.74, 6) is 0.678. The van der Waals surface area contributed by atoms with E-state index in [0.29, 0.717) is 11.8 Å². The first-order valence-electron chi connectivity index (χ1n) is 6.74. The molecule has 1 aliphatic carbocycles. The van der Waals surface area contributed by atoms with E-state index in [4.69, 9.17) is 9.47 Å². The van der Waals surface area contributed by atoms with Crippen molar-refractivity contribution in [3.63, 3.8) is 0 Å². The van der Waals surface area contributed by atoms with Gasteiger partial charge in [0.05, 0.1) is 4.92 Å². The average Bonchev–Trinajstić information content (AvgIpc) is 2.39. The molecule has 20 heavy (non-hydrogen) atoms. The molecule has 0 bridgehead atoms. The van der Waals surface area contributed by atoms with Gasteiger partial charge < -0.3 is 14.8 Å². The summed E-state index contributed by atoms with van der Waals surface area (Å²) in [5.41, 5.74) is 0.846. The Bertz CT molecular complexity index is 492. The van der Waals surface area contributed by atoms with Gasteiger partial charge in [-0.05, 0) is 25.1 Å². The van der Waals surface area contributed by atoms with Crippen molar-refractivity contribution in [1.82, 2.24) is 5.32 Å². The Hall–Kier alpha value is -1.66. The van der Waals surface area contributed by atoms with E-state index < -0.39 is 4.92 Å². The maximum Gasteiger partial charge on any atom is 0.269 e. The van der Waals surface area contributed by atoms with Crippen molar-refractivity contribution in [2.45, 2.75) is 38.5 Å². The summed E-state index contributed by atoms with van der Waals surface area (Å²) >= 11 is 0. The van der Waals surface area contributed by atoms with Crippen LogP contribution in [0.1, 0.15) is 18.9 Å². The van der Waals surface area contributed by atoms with E-state index in [1.807, 2.05) is 6.92 Å². The molecule has 0 saturated heterocycles. The Balaban J connectivity index is 2.02. The van der Waals surface area contributed by atoms with Crippen LogP contribution < -0.4 is 10.1 Å². The Morgan fingerprint density at radius 1 is 1.50 bits per heavy atom. The molecule has 6 nitrogen and oxygen atoms in total. The highest BCUT2D eigenvalue weighted by Gasteiger charge is 2.42. The summed E-state index contributed by atoms with van der Waals surface area (Å²) in [6, 6.07) is 4.96. The van der Waals surface area contributed by atoms with Crippen LogP contribution in [0.5, 0.6) is 5.75 Å². The summed E-state index contributed by atoms with van der Waals surface area (Å²) in [7, 11) is 1.67. The summed E-state index contributed by atoms with van der Waals surface area (Å²) in [5, 5.41) is 14.0. The van der Waals surface area contributed by atoms with Gasteiger partial charge in [0.2, 0.25) is 0 Å². The van der Waals surface area contributed by atoms with E-state index in [1.165, 1.54) is 12.1 Å². The number of nitro benzene ring substituents is 1. The zero-order chi connectivity index (χ0) is 14.7. The van der Waals surface area contributed by atoms with Crippen LogP contribution in [0.2, 0.25) is 0 Å². The third kappa shape index (κ3) is 2.91. The molecular weight excluding hydrogens is 260 g/mol. The number of aryl methyl sites for hydroxylation is 1. The minimum atomic E-state index is -0.403. The first-order valence-corrected chi connectivity index (χ1v) is 6.74. The van der Waals surface area contributed by atoms with E-state index >= 15 is 0 Å². The van der Waals surface area contributed by atoms with Gasteiger partial charge in [-0.1, -0.05) is 6.92 Å². The molecule has 6 heteroatoms. The SMILES string of the molecule is CCNC1CC(Oc2ccc([N+](=O)[O-])cc2C)C1OC. The zero-order valence-electron chi connectivity index (χ0n) is 12.0. The molecule has 1 fully saturated rings. The van der Waals surface area contributed by atoms with Crippen molar-refractivity contribution in [2.75, 3.05) is 13.7 Å². The molecule has 1 aliphatic rings. The maximum absolute atomic E-state index is 10.7. The van der Waals surface area contributed by atoms with Crippen LogP contribution in [0.15, 0.2) is 18.2 Å². The third-order valence-corrected chi connectivity index (χ3v) is 3.64. The van der Waals surface area contributed by atoms with Gasteiger partial charge in [-0.3, -0.25) is 10.1 Å². The van der Waals surface area contributed by atoms with Crippen LogP contribution in [0.3, 0.4) is 0 Å². The van der Waals surface area contributed by atoms with E-state index in [-0.39, 0.29) is 17.9 Å². The summed E-state index contributed by atoms with van der Waals surface area (Å²) in [4.78, 5) is 10.3. The van der Waals surface area contributed by atoms with Gasteiger partial charge in [0.25, 0.3) is 5.69 Å². The number of hydrogen-bond donors (Lipinski definition) is 1. The molecule has 0 amide bonds. The van der Waals surface area contributed by atoms with Crippen LogP contribution >= 0.6 is 0 Å². The average molecular weight is 280 g/mol. The smallest absolute Gasteiger partial charge is 0.269 e. The Labute approximate surface area is 118 Å². The number of benzene rings is 1. The third-order valence-electron chi connectivity index (χ3n) is 3.64. The van der Waals surface area contributed by atoms with E-state index in [9.17, 15) is 10.1 Å². The molecule has 0 spiro atoms. The molecule has 3 unspecified atom stereocenters. The summed E-state index contributed by atoms with van der Waals surface area (Å²) in [6.45, 7) is 4.76. The van der Waals surface area contributed by atoms with Crippen LogP contribution in [-0.4, -0.2) is 36.8 Å². The van der Waals surface area contributed by atoms with Gasteiger partial charge in [-0.2, -0.15) is 0 Å². The summed E-state index contributed by atoms with van der Waals surface area (Å²) in [6.07, 6.45) is 0.886. The summed E-state index contributed by atoms with van der Waals surface area (Å²) < 4.78 is 11.4. The topological polar surface area (TPSA) is 73.6 Å². The van der Waals surface area contributed by atoms with Gasteiger partial charge in [-0.25, -0.2) is 0 Å². The highest BCUT2D eigenvalue weighted by molar-refractivity contribution is 5.43. The van der Waals surface area contributed by atoms with Gasteiger partial charge in [-0.15, -0.1) is 0 Å². The number of nitro groups is 1. The standard InChI is InChI=1S/C14H20N2O4/c1-4-15-11-8-13(14(11)19-3)20-12-6-5-10(16(17)18)7-9(12)2/h5-7,11,13-15H,4,8H2,1-3H3. The van der Waals surface area contributed by atoms with Crippen molar-refractivity contribution in [3.05, 3.63) is 33.9 Å². The second kappa shape index (κ2) is 6.19. The molecule has 1 N–H and O–H groups in total. The molecule has 1 aromatic rings. The lowest BCUT2D eigenvalue weighted by molar-refractivity contribution is -0.384. The first-order chi connectivity index (χ1) is 9.56. The largest absolute Gasteiger partial charge is 0.487 e. The second-order valence-corrected chi connectivity index (χ2v) is 4.96. The van der Waals surface area contributed by atoms with Crippen molar-refractivity contribution >= 4 is 5.69 Å². The molecule has 3 atom stereocenters. The molecular formula is C14H20N2O4. The number of ether oxygens (including phenoxy) is 2. The lowest BCUT2D eigenvalue weighted by Gasteiger charge is -2.43. The number of non-ortho nitro benzene ring substituents is 1. The normalized spacial score (nSPS) is 25.1. The molecule has 0 radical (unpaired) electrons.